The normalized spacial score (nSPS) is 16.9. The minimum absolute atomic E-state index is 0.117. The molecular formula is C34H37NO2. The van der Waals surface area contributed by atoms with Crippen LogP contribution < -0.4 is 0 Å². The summed E-state index contributed by atoms with van der Waals surface area (Å²) in [6, 6.07) is 22.1. The minimum Gasteiger partial charge on any atom is -0.478 e. The van der Waals surface area contributed by atoms with Crippen molar-refractivity contribution in [3.8, 4) is 11.3 Å². The molecule has 5 rings (SSSR count). The van der Waals surface area contributed by atoms with Gasteiger partial charge < -0.3 is 9.67 Å². The van der Waals surface area contributed by atoms with Gasteiger partial charge in [-0.15, -0.1) is 0 Å². The molecule has 0 saturated carbocycles. The fraction of sp³-hybridized carbons (Fsp3) is 0.324. The van der Waals surface area contributed by atoms with Gasteiger partial charge in [0.25, 0.3) is 0 Å². The number of benzene rings is 3. The van der Waals surface area contributed by atoms with Crippen LogP contribution in [0.5, 0.6) is 0 Å². The summed E-state index contributed by atoms with van der Waals surface area (Å²) in [5.41, 5.74) is 6.89. The van der Waals surface area contributed by atoms with Crippen molar-refractivity contribution in [1.82, 2.24) is 4.57 Å². The van der Waals surface area contributed by atoms with E-state index in [4.69, 9.17) is 0 Å². The zero-order chi connectivity index (χ0) is 26.4. The van der Waals surface area contributed by atoms with E-state index in [2.05, 4.69) is 92.9 Å². The Bertz CT molecular complexity index is 1560. The van der Waals surface area contributed by atoms with E-state index >= 15 is 0 Å². The average Bonchev–Trinajstić information content (AvgIpc) is 3.25. The van der Waals surface area contributed by atoms with Crippen molar-refractivity contribution in [2.24, 2.45) is 0 Å². The first-order chi connectivity index (χ1) is 17.6. The van der Waals surface area contributed by atoms with Crippen LogP contribution in [0.2, 0.25) is 0 Å². The highest BCUT2D eigenvalue weighted by Crippen LogP contribution is 2.47. The highest BCUT2D eigenvalue weighted by molar-refractivity contribution is 6.08. The number of nitrogens with zero attached hydrogens (tertiary/aromatic N) is 1. The lowest BCUT2D eigenvalue weighted by Crippen LogP contribution is -2.33. The van der Waals surface area contributed by atoms with E-state index in [1.165, 1.54) is 45.7 Å². The molecule has 0 amide bonds. The molecule has 1 aromatic heterocycles. The molecule has 0 unspecified atom stereocenters. The van der Waals surface area contributed by atoms with Crippen LogP contribution in [-0.2, 0) is 22.2 Å². The van der Waals surface area contributed by atoms with Gasteiger partial charge in [0, 0.05) is 23.1 Å². The number of carboxylic acid groups (broad SMARTS) is 1. The number of aromatic nitrogens is 1. The second-order valence-electron chi connectivity index (χ2n) is 11.7. The van der Waals surface area contributed by atoms with Crippen LogP contribution in [0.1, 0.15) is 65.0 Å². The van der Waals surface area contributed by atoms with E-state index in [9.17, 15) is 9.90 Å². The summed E-state index contributed by atoms with van der Waals surface area (Å²) in [5, 5.41) is 13.4. The van der Waals surface area contributed by atoms with Crippen LogP contribution in [0.4, 0.5) is 0 Å². The Balaban J connectivity index is 1.74. The number of hydrogen-bond acceptors (Lipinski definition) is 1. The van der Waals surface area contributed by atoms with Gasteiger partial charge in [0.15, 0.2) is 0 Å². The molecule has 0 saturated heterocycles. The van der Waals surface area contributed by atoms with E-state index in [-0.39, 0.29) is 10.8 Å². The molecule has 0 atom stereocenters. The van der Waals surface area contributed by atoms with Crippen LogP contribution in [0.15, 0.2) is 84.5 Å². The molecule has 0 bridgehead atoms. The third-order valence-electron chi connectivity index (χ3n) is 8.23. The quantitative estimate of drug-likeness (QED) is 0.216. The number of hydrogen-bond donors (Lipinski definition) is 1. The maximum Gasteiger partial charge on any atom is 0.335 e. The maximum atomic E-state index is 11.9. The molecule has 4 aromatic rings. The molecular weight excluding hydrogens is 454 g/mol. The van der Waals surface area contributed by atoms with Crippen molar-refractivity contribution >= 4 is 27.6 Å². The van der Waals surface area contributed by atoms with Crippen LogP contribution in [-0.4, -0.2) is 15.6 Å². The second-order valence-corrected chi connectivity index (χ2v) is 11.7. The van der Waals surface area contributed by atoms with Crippen molar-refractivity contribution in [3.05, 3.63) is 95.6 Å². The van der Waals surface area contributed by atoms with Gasteiger partial charge in [0.2, 0.25) is 0 Å². The smallest absolute Gasteiger partial charge is 0.335 e. The fourth-order valence-corrected chi connectivity index (χ4v) is 5.86. The van der Waals surface area contributed by atoms with Gasteiger partial charge >= 0.3 is 5.97 Å². The van der Waals surface area contributed by atoms with Crippen LogP contribution in [0, 0.1) is 0 Å². The molecule has 1 N–H and O–H groups in total. The highest BCUT2D eigenvalue weighted by Gasteiger charge is 2.37. The van der Waals surface area contributed by atoms with E-state index in [1.54, 1.807) is 6.08 Å². The standard InChI is InChI=1S/C34H37NO2/c1-6-7-10-24(32(36)37)17-20-35-30-16-14-23-11-8-9-12-26(23)27(30)22-31(35)25-13-15-28-29(21-25)34(4,5)19-18-33(28,2)3/h7-17,21-22H,6,18-20H2,1-5H3,(H,36,37)/b10-7-,24-17+. The number of allylic oxidation sites excluding steroid dienone is 2. The lowest BCUT2D eigenvalue weighted by Gasteiger charge is -2.42. The van der Waals surface area contributed by atoms with E-state index in [1.807, 2.05) is 19.1 Å². The first kappa shape index (κ1) is 25.1. The number of rotatable bonds is 6. The molecule has 3 aromatic carbocycles. The van der Waals surface area contributed by atoms with Crippen molar-refractivity contribution in [1.29, 1.82) is 0 Å². The van der Waals surface area contributed by atoms with Gasteiger partial charge in [-0.3, -0.25) is 0 Å². The molecule has 0 aliphatic heterocycles. The Kier molecular flexibility index (Phi) is 6.35. The summed E-state index contributed by atoms with van der Waals surface area (Å²) in [6.07, 6.45) is 8.60. The summed E-state index contributed by atoms with van der Waals surface area (Å²) in [5.74, 6) is -0.897. The number of aliphatic carboxylic acids is 1. The molecule has 1 aliphatic carbocycles. The van der Waals surface area contributed by atoms with Gasteiger partial charge in [-0.2, -0.15) is 0 Å². The molecule has 0 spiro atoms. The molecule has 0 fully saturated rings. The molecule has 0 radical (unpaired) electrons. The fourth-order valence-electron chi connectivity index (χ4n) is 5.86. The first-order valence-corrected chi connectivity index (χ1v) is 13.4. The Hall–Kier alpha value is -3.59. The average molecular weight is 492 g/mol. The summed E-state index contributed by atoms with van der Waals surface area (Å²) in [6.45, 7) is 11.9. The van der Waals surface area contributed by atoms with Gasteiger partial charge in [-0.05, 0) is 75.8 Å². The molecule has 1 aliphatic rings. The molecule has 3 heteroatoms. The second kappa shape index (κ2) is 9.37. The van der Waals surface area contributed by atoms with Crippen molar-refractivity contribution < 1.29 is 9.90 Å². The largest absolute Gasteiger partial charge is 0.478 e. The maximum absolute atomic E-state index is 11.9. The number of carbonyl (C=O) groups is 1. The Morgan fingerprint density at radius 1 is 0.919 bits per heavy atom. The lowest BCUT2D eigenvalue weighted by molar-refractivity contribution is -0.132. The summed E-state index contributed by atoms with van der Waals surface area (Å²) < 4.78 is 2.27. The Labute approximate surface area is 220 Å². The summed E-state index contributed by atoms with van der Waals surface area (Å²) in [4.78, 5) is 11.9. The lowest BCUT2D eigenvalue weighted by atomic mass is 9.63. The minimum atomic E-state index is -0.897. The molecule has 37 heavy (non-hydrogen) atoms. The van der Waals surface area contributed by atoms with Gasteiger partial charge in [-0.25, -0.2) is 4.79 Å². The monoisotopic (exact) mass is 491 g/mol. The van der Waals surface area contributed by atoms with E-state index in [0.29, 0.717) is 12.1 Å². The predicted molar refractivity (Wildman–Crippen MR) is 155 cm³/mol. The number of fused-ring (bicyclic) bond motifs is 4. The molecule has 3 nitrogen and oxygen atoms in total. The third kappa shape index (κ3) is 4.52. The van der Waals surface area contributed by atoms with E-state index in [0.717, 1.165) is 17.6 Å². The van der Waals surface area contributed by atoms with Gasteiger partial charge in [0.05, 0.1) is 5.57 Å². The van der Waals surface area contributed by atoms with Crippen molar-refractivity contribution in [2.45, 2.75) is 71.3 Å². The van der Waals surface area contributed by atoms with Crippen molar-refractivity contribution in [3.63, 3.8) is 0 Å². The Morgan fingerprint density at radius 3 is 2.38 bits per heavy atom. The van der Waals surface area contributed by atoms with Crippen LogP contribution in [0.3, 0.4) is 0 Å². The first-order valence-electron chi connectivity index (χ1n) is 13.4. The van der Waals surface area contributed by atoms with E-state index < -0.39 is 5.97 Å². The summed E-state index contributed by atoms with van der Waals surface area (Å²) in [7, 11) is 0. The molecule has 1 heterocycles. The Morgan fingerprint density at radius 2 is 1.65 bits per heavy atom. The highest BCUT2D eigenvalue weighted by atomic mass is 16.4. The number of carboxylic acids is 1. The topological polar surface area (TPSA) is 42.2 Å². The van der Waals surface area contributed by atoms with Crippen LogP contribution >= 0.6 is 0 Å². The SMILES string of the molecule is CC/C=C\C(=C/Cn1c(-c2ccc3c(c2)C(C)(C)CCC3(C)C)cc2c3ccccc3ccc21)C(=O)O. The zero-order valence-electron chi connectivity index (χ0n) is 22.6. The summed E-state index contributed by atoms with van der Waals surface area (Å²) >= 11 is 0. The predicted octanol–water partition coefficient (Wildman–Crippen LogP) is 8.79. The molecule has 190 valence electrons. The third-order valence-corrected chi connectivity index (χ3v) is 8.23. The van der Waals surface area contributed by atoms with Crippen molar-refractivity contribution in [2.75, 3.05) is 0 Å². The van der Waals surface area contributed by atoms with Gasteiger partial charge in [-0.1, -0.05) is 95.3 Å². The van der Waals surface area contributed by atoms with Crippen LogP contribution in [0.25, 0.3) is 32.9 Å². The van der Waals surface area contributed by atoms with Gasteiger partial charge in [0.1, 0.15) is 0 Å². The zero-order valence-corrected chi connectivity index (χ0v) is 22.6.